The van der Waals surface area contributed by atoms with Gasteiger partial charge in [0.2, 0.25) is 0 Å². The highest BCUT2D eigenvalue weighted by atomic mass is 16.5. The van der Waals surface area contributed by atoms with E-state index in [9.17, 15) is 4.79 Å². The number of rotatable bonds is 6. The Bertz CT molecular complexity index is 1370. The number of carboxylic acid groups (broad SMARTS) is 1. The normalized spacial score (nSPS) is 11.2. The molecule has 0 saturated carbocycles. The summed E-state index contributed by atoms with van der Waals surface area (Å²) in [6.45, 7) is 0. The molecule has 0 unspecified atom stereocenters. The minimum absolute atomic E-state index is 0.332. The van der Waals surface area contributed by atoms with Gasteiger partial charge in [-0.2, -0.15) is 5.26 Å². The maximum atomic E-state index is 11.1. The van der Waals surface area contributed by atoms with Crippen LogP contribution in [0, 0.1) is 11.3 Å². The molecule has 1 aromatic heterocycles. The maximum absolute atomic E-state index is 11.1. The Hall–Kier alpha value is -4.50. The summed E-state index contributed by atoms with van der Waals surface area (Å²) < 4.78 is 16.7. The van der Waals surface area contributed by atoms with Gasteiger partial charge in [0, 0.05) is 10.9 Å². The van der Waals surface area contributed by atoms with Gasteiger partial charge in [0.25, 0.3) is 0 Å². The third kappa shape index (κ3) is 4.05. The van der Waals surface area contributed by atoms with Gasteiger partial charge in [0.05, 0.1) is 14.2 Å². The van der Waals surface area contributed by atoms with Gasteiger partial charge in [0.15, 0.2) is 11.5 Å². The van der Waals surface area contributed by atoms with Gasteiger partial charge in [-0.05, 0) is 47.0 Å². The molecule has 0 aliphatic heterocycles. The summed E-state index contributed by atoms with van der Waals surface area (Å²) in [5.74, 6) is 0.773. The van der Waals surface area contributed by atoms with Crippen LogP contribution in [0.2, 0.25) is 0 Å². The lowest BCUT2D eigenvalue weighted by Gasteiger charge is -2.10. The molecule has 0 radical (unpaired) electrons. The molecule has 6 nitrogen and oxygen atoms in total. The number of carbonyl (C=O) groups is 1. The Kier molecular flexibility index (Phi) is 5.65. The van der Waals surface area contributed by atoms with Gasteiger partial charge in [-0.25, -0.2) is 4.79 Å². The topological polar surface area (TPSA) is 92.7 Å². The van der Waals surface area contributed by atoms with Crippen LogP contribution < -0.4 is 9.47 Å². The van der Waals surface area contributed by atoms with Crippen molar-refractivity contribution in [2.75, 3.05) is 14.2 Å². The van der Waals surface area contributed by atoms with Gasteiger partial charge in [-0.1, -0.05) is 42.5 Å². The van der Waals surface area contributed by atoms with Crippen molar-refractivity contribution in [1.82, 2.24) is 0 Å². The van der Waals surface area contributed by atoms with E-state index in [1.807, 2.05) is 54.6 Å². The number of aliphatic carboxylic acids is 1. The van der Waals surface area contributed by atoms with Crippen molar-refractivity contribution in [2.24, 2.45) is 0 Å². The summed E-state index contributed by atoms with van der Waals surface area (Å²) in [6, 6.07) is 22.6. The number of nitrogens with zero attached hydrogens (tertiary/aromatic N) is 1. The fraction of sp³-hybridized carbons (Fsp3) is 0.0769. The number of carboxylic acids is 1. The van der Waals surface area contributed by atoms with Crippen LogP contribution >= 0.6 is 0 Å². The van der Waals surface area contributed by atoms with E-state index < -0.39 is 5.97 Å². The molecule has 0 bridgehead atoms. The lowest BCUT2D eigenvalue weighted by atomic mass is 10.0. The molecule has 4 rings (SSSR count). The average molecular weight is 425 g/mol. The van der Waals surface area contributed by atoms with Crippen LogP contribution in [-0.4, -0.2) is 25.3 Å². The van der Waals surface area contributed by atoms with Crippen LogP contribution in [0.3, 0.4) is 0 Å². The lowest BCUT2D eigenvalue weighted by Crippen LogP contribution is -1.97. The van der Waals surface area contributed by atoms with E-state index in [-0.39, 0.29) is 5.57 Å². The highest BCUT2D eigenvalue weighted by Crippen LogP contribution is 2.34. The number of hydrogen-bond donors (Lipinski definition) is 1. The Morgan fingerprint density at radius 3 is 2.25 bits per heavy atom. The van der Waals surface area contributed by atoms with Crippen molar-refractivity contribution in [3.05, 3.63) is 77.9 Å². The molecule has 4 aromatic rings. The minimum Gasteiger partial charge on any atom is -0.493 e. The fourth-order valence-electron chi connectivity index (χ4n) is 3.43. The number of furan rings is 1. The molecular formula is C26H19NO5. The van der Waals surface area contributed by atoms with Crippen LogP contribution in [0.4, 0.5) is 0 Å². The zero-order chi connectivity index (χ0) is 22.7. The first-order valence-electron chi connectivity index (χ1n) is 9.74. The Labute approximate surface area is 184 Å². The molecule has 0 aliphatic carbocycles. The van der Waals surface area contributed by atoms with Crippen molar-refractivity contribution >= 4 is 23.0 Å². The summed E-state index contributed by atoms with van der Waals surface area (Å²) in [7, 11) is 3.21. The second kappa shape index (κ2) is 8.70. The monoisotopic (exact) mass is 425 g/mol. The van der Waals surface area contributed by atoms with E-state index in [2.05, 4.69) is 0 Å². The first-order chi connectivity index (χ1) is 15.5. The van der Waals surface area contributed by atoms with E-state index >= 15 is 0 Å². The fourth-order valence-corrected chi connectivity index (χ4v) is 3.43. The Balaban J connectivity index is 1.64. The summed E-state index contributed by atoms with van der Waals surface area (Å²) >= 11 is 0. The number of ether oxygens (including phenoxy) is 2. The zero-order valence-electron chi connectivity index (χ0n) is 17.5. The molecule has 0 saturated heterocycles. The van der Waals surface area contributed by atoms with Gasteiger partial charge in [0.1, 0.15) is 23.0 Å². The van der Waals surface area contributed by atoms with E-state index in [4.69, 9.17) is 24.3 Å². The zero-order valence-corrected chi connectivity index (χ0v) is 17.5. The SMILES string of the molecule is COc1ccc(-c2ccc(-c3cc4ccc(C=C(C#N)C(=O)O)cc4o3)cc2)cc1OC. The molecule has 0 amide bonds. The van der Waals surface area contributed by atoms with Gasteiger partial charge in [-0.15, -0.1) is 0 Å². The number of methoxy groups -OCH3 is 2. The summed E-state index contributed by atoms with van der Waals surface area (Å²) in [5, 5.41) is 18.9. The van der Waals surface area contributed by atoms with Crippen LogP contribution in [0.5, 0.6) is 11.5 Å². The molecule has 0 aliphatic rings. The largest absolute Gasteiger partial charge is 0.493 e. The van der Waals surface area contributed by atoms with E-state index in [1.54, 1.807) is 32.4 Å². The molecule has 6 heteroatoms. The smallest absolute Gasteiger partial charge is 0.346 e. The van der Waals surface area contributed by atoms with E-state index in [0.29, 0.717) is 28.4 Å². The molecule has 1 heterocycles. The third-order valence-electron chi connectivity index (χ3n) is 5.09. The van der Waals surface area contributed by atoms with Crippen molar-refractivity contribution in [2.45, 2.75) is 0 Å². The quantitative estimate of drug-likeness (QED) is 0.311. The standard InChI is InChI=1S/C26H19NO5/c1-30-22-10-9-19(13-25(22)31-2)17-5-7-18(8-6-17)24-14-20-4-3-16(12-23(20)32-24)11-21(15-27)26(28)29/h3-14H,1-2H3,(H,28,29). The van der Waals surface area contributed by atoms with Crippen molar-refractivity contribution in [3.8, 4) is 40.0 Å². The first kappa shape index (κ1) is 20.8. The van der Waals surface area contributed by atoms with E-state index in [0.717, 1.165) is 22.1 Å². The highest BCUT2D eigenvalue weighted by molar-refractivity contribution is 5.97. The number of benzene rings is 3. The van der Waals surface area contributed by atoms with Crippen molar-refractivity contribution in [3.63, 3.8) is 0 Å². The molecule has 32 heavy (non-hydrogen) atoms. The molecule has 0 atom stereocenters. The highest BCUT2D eigenvalue weighted by Gasteiger charge is 2.10. The third-order valence-corrected chi connectivity index (χ3v) is 5.09. The average Bonchev–Trinajstić information content (AvgIpc) is 3.25. The van der Waals surface area contributed by atoms with Crippen molar-refractivity contribution in [1.29, 1.82) is 5.26 Å². The number of fused-ring (bicyclic) bond motifs is 1. The molecule has 0 fully saturated rings. The summed E-state index contributed by atoms with van der Waals surface area (Å²) in [6.07, 6.45) is 1.32. The number of nitriles is 1. The minimum atomic E-state index is -1.26. The van der Waals surface area contributed by atoms with E-state index in [1.165, 1.54) is 6.08 Å². The molecule has 3 aromatic carbocycles. The molecule has 158 valence electrons. The maximum Gasteiger partial charge on any atom is 0.346 e. The molecule has 0 spiro atoms. The predicted octanol–water partition coefficient (Wildman–Crippen LogP) is 5.78. The second-order valence-corrected chi connectivity index (χ2v) is 7.03. The Morgan fingerprint density at radius 1 is 0.906 bits per heavy atom. The lowest BCUT2D eigenvalue weighted by molar-refractivity contribution is -0.132. The Morgan fingerprint density at radius 2 is 1.59 bits per heavy atom. The van der Waals surface area contributed by atoms with Gasteiger partial charge < -0.3 is 19.0 Å². The molecule has 1 N–H and O–H groups in total. The summed E-state index contributed by atoms with van der Waals surface area (Å²) in [4.78, 5) is 11.1. The van der Waals surface area contributed by atoms with Crippen LogP contribution in [0.15, 0.2) is 76.7 Å². The first-order valence-corrected chi connectivity index (χ1v) is 9.74. The second-order valence-electron chi connectivity index (χ2n) is 7.03. The predicted molar refractivity (Wildman–Crippen MR) is 121 cm³/mol. The van der Waals surface area contributed by atoms with Gasteiger partial charge in [-0.3, -0.25) is 0 Å². The van der Waals surface area contributed by atoms with Crippen LogP contribution in [-0.2, 0) is 4.79 Å². The van der Waals surface area contributed by atoms with Crippen LogP contribution in [0.1, 0.15) is 5.56 Å². The van der Waals surface area contributed by atoms with Gasteiger partial charge >= 0.3 is 5.97 Å². The van der Waals surface area contributed by atoms with Crippen LogP contribution in [0.25, 0.3) is 39.5 Å². The summed E-state index contributed by atoms with van der Waals surface area (Å²) in [5.41, 5.74) is 3.80. The number of hydrogen-bond acceptors (Lipinski definition) is 5. The van der Waals surface area contributed by atoms with Crippen molar-refractivity contribution < 1.29 is 23.8 Å². The molecular weight excluding hydrogens is 406 g/mol.